The smallest absolute Gasteiger partial charge is 0.433 e. The number of nitriles is 1. The number of pyridine rings is 1. The molecule has 0 aliphatic heterocycles. The van der Waals surface area contributed by atoms with Crippen molar-refractivity contribution in [1.29, 1.82) is 5.26 Å². The Balaban J connectivity index is 1.86. The summed E-state index contributed by atoms with van der Waals surface area (Å²) in [5.41, 5.74) is 1.84. The molecule has 3 rings (SSSR count). The molecule has 6 nitrogen and oxygen atoms in total. The summed E-state index contributed by atoms with van der Waals surface area (Å²) in [6.07, 6.45) is -1.54. The number of halogens is 3. The summed E-state index contributed by atoms with van der Waals surface area (Å²) in [4.78, 5) is 16.2. The van der Waals surface area contributed by atoms with Crippen molar-refractivity contribution in [2.45, 2.75) is 30.8 Å². The first-order chi connectivity index (χ1) is 16.0. The molecule has 0 amide bonds. The van der Waals surface area contributed by atoms with Crippen LogP contribution in [0, 0.1) is 25.2 Å². The van der Waals surface area contributed by atoms with Gasteiger partial charge in [-0.3, -0.25) is 9.48 Å². The number of thioether (sulfide) groups is 1. The molecule has 2 aromatic heterocycles. The first kappa shape index (κ1) is 25.1. The van der Waals surface area contributed by atoms with Crippen LogP contribution in [0.1, 0.15) is 44.1 Å². The van der Waals surface area contributed by atoms with E-state index in [0.717, 1.165) is 23.5 Å². The van der Waals surface area contributed by atoms with Crippen molar-refractivity contribution < 1.29 is 22.7 Å². The third-order valence-electron chi connectivity index (χ3n) is 4.94. The van der Waals surface area contributed by atoms with Crippen molar-refractivity contribution in [3.63, 3.8) is 0 Å². The number of methoxy groups -OCH3 is 1. The topological polar surface area (TPSA) is 80.8 Å². The van der Waals surface area contributed by atoms with Crippen LogP contribution < -0.4 is 4.74 Å². The van der Waals surface area contributed by atoms with E-state index in [1.54, 1.807) is 44.3 Å². The van der Waals surface area contributed by atoms with E-state index in [4.69, 9.17) is 4.74 Å². The summed E-state index contributed by atoms with van der Waals surface area (Å²) in [5, 5.41) is 13.6. The standard InChI is InChI=1S/C24H21F3N4O2S/c1-14-9-22(24(25,26)27)29-23(18(14)12-28)34-13-17-11-16(6-8-21(17)33-4)5-7-20(32)19-10-15(2)30-31(19)3/h5-11H,13H2,1-4H3/b7-5+. The van der Waals surface area contributed by atoms with Gasteiger partial charge in [-0.15, -0.1) is 11.8 Å². The highest BCUT2D eigenvalue weighted by molar-refractivity contribution is 7.98. The fourth-order valence-corrected chi connectivity index (χ4v) is 4.32. The number of hydrogen-bond donors (Lipinski definition) is 0. The van der Waals surface area contributed by atoms with Gasteiger partial charge >= 0.3 is 6.18 Å². The fourth-order valence-electron chi connectivity index (χ4n) is 3.29. The second kappa shape index (κ2) is 10.1. The summed E-state index contributed by atoms with van der Waals surface area (Å²) in [6.45, 7) is 3.25. The number of carbonyl (C=O) groups excluding carboxylic acids is 1. The molecule has 34 heavy (non-hydrogen) atoms. The van der Waals surface area contributed by atoms with Gasteiger partial charge in [0.1, 0.15) is 28.2 Å². The maximum absolute atomic E-state index is 13.2. The van der Waals surface area contributed by atoms with Gasteiger partial charge in [0.05, 0.1) is 18.4 Å². The Labute approximate surface area is 199 Å². The zero-order valence-corrected chi connectivity index (χ0v) is 19.7. The first-order valence-electron chi connectivity index (χ1n) is 10.0. The number of nitrogens with zero attached hydrogens (tertiary/aromatic N) is 4. The summed E-state index contributed by atoms with van der Waals surface area (Å²) in [5.74, 6) is 0.528. The molecule has 0 fully saturated rings. The Morgan fingerprint density at radius 1 is 1.26 bits per heavy atom. The third kappa shape index (κ3) is 5.66. The number of hydrogen-bond acceptors (Lipinski definition) is 6. The molecule has 0 bridgehead atoms. The van der Waals surface area contributed by atoms with Crippen LogP contribution in [0.4, 0.5) is 13.2 Å². The number of aryl methyl sites for hydroxylation is 3. The molecule has 0 N–H and O–H groups in total. The third-order valence-corrected chi connectivity index (χ3v) is 5.96. The highest BCUT2D eigenvalue weighted by Crippen LogP contribution is 2.35. The van der Waals surface area contributed by atoms with E-state index in [1.165, 1.54) is 24.8 Å². The molecule has 0 unspecified atom stereocenters. The van der Waals surface area contributed by atoms with Gasteiger partial charge in [0.15, 0.2) is 0 Å². The predicted octanol–water partition coefficient (Wildman–Crippen LogP) is 5.52. The molecule has 0 radical (unpaired) electrons. The Bertz CT molecular complexity index is 1310. The Hall–Kier alpha value is -3.58. The molecule has 176 valence electrons. The van der Waals surface area contributed by atoms with Crippen LogP contribution in [0.25, 0.3) is 6.08 Å². The monoisotopic (exact) mass is 486 g/mol. The van der Waals surface area contributed by atoms with Gasteiger partial charge in [0, 0.05) is 18.4 Å². The molecule has 1 aromatic carbocycles. The minimum Gasteiger partial charge on any atom is -0.496 e. The highest BCUT2D eigenvalue weighted by Gasteiger charge is 2.34. The second-order valence-electron chi connectivity index (χ2n) is 7.47. The molecule has 3 aromatic rings. The first-order valence-corrected chi connectivity index (χ1v) is 11.0. The molecule has 0 aliphatic rings. The molecule has 0 spiro atoms. The Morgan fingerprint density at radius 3 is 2.59 bits per heavy atom. The molecule has 0 saturated heterocycles. The highest BCUT2D eigenvalue weighted by atomic mass is 32.2. The van der Waals surface area contributed by atoms with Crippen molar-refractivity contribution in [1.82, 2.24) is 14.8 Å². The fraction of sp³-hybridized carbons (Fsp3) is 0.250. The lowest BCUT2D eigenvalue weighted by Gasteiger charge is -2.13. The van der Waals surface area contributed by atoms with Gasteiger partial charge in [-0.05, 0) is 55.3 Å². The average molecular weight is 487 g/mol. The van der Waals surface area contributed by atoms with Gasteiger partial charge in [-0.25, -0.2) is 4.98 Å². The molecule has 2 heterocycles. The second-order valence-corrected chi connectivity index (χ2v) is 8.43. The Kier molecular flexibility index (Phi) is 7.47. The number of ether oxygens (including phenoxy) is 1. The average Bonchev–Trinajstić information content (AvgIpc) is 3.12. The van der Waals surface area contributed by atoms with Crippen molar-refractivity contribution >= 4 is 23.6 Å². The van der Waals surface area contributed by atoms with Crippen molar-refractivity contribution in [3.05, 3.63) is 75.7 Å². The molecular formula is C24H21F3N4O2S. The SMILES string of the molecule is COc1ccc(/C=C/C(=O)c2cc(C)nn2C)cc1CSc1nc(C(F)(F)F)cc(C)c1C#N. The maximum Gasteiger partial charge on any atom is 0.433 e. The number of carbonyl (C=O) groups is 1. The predicted molar refractivity (Wildman–Crippen MR) is 123 cm³/mol. The van der Waals surface area contributed by atoms with Gasteiger partial charge in [-0.2, -0.15) is 23.5 Å². The minimum absolute atomic E-state index is 0.000390. The van der Waals surface area contributed by atoms with Gasteiger partial charge in [-0.1, -0.05) is 12.1 Å². The van der Waals surface area contributed by atoms with Crippen LogP contribution in [-0.2, 0) is 19.0 Å². The molecule has 0 aliphatic carbocycles. The van der Waals surface area contributed by atoms with Crippen molar-refractivity contribution in [2.24, 2.45) is 7.05 Å². The molecule has 10 heteroatoms. The van der Waals surface area contributed by atoms with E-state index in [9.17, 15) is 23.2 Å². The number of allylic oxidation sites excluding steroid dienone is 1. The van der Waals surface area contributed by atoms with Gasteiger partial charge < -0.3 is 4.74 Å². The van der Waals surface area contributed by atoms with Gasteiger partial charge in [0.2, 0.25) is 5.78 Å². The Morgan fingerprint density at radius 2 is 2.00 bits per heavy atom. The normalized spacial score (nSPS) is 11.6. The molecule has 0 atom stereocenters. The van der Waals surface area contributed by atoms with Crippen LogP contribution in [0.5, 0.6) is 5.75 Å². The van der Waals surface area contributed by atoms with Crippen LogP contribution in [-0.4, -0.2) is 27.7 Å². The number of aromatic nitrogens is 3. The number of alkyl halides is 3. The zero-order valence-electron chi connectivity index (χ0n) is 18.9. The largest absolute Gasteiger partial charge is 0.496 e. The van der Waals surface area contributed by atoms with E-state index in [0.29, 0.717) is 22.6 Å². The lowest BCUT2D eigenvalue weighted by molar-refractivity contribution is -0.141. The van der Waals surface area contributed by atoms with Gasteiger partial charge in [0.25, 0.3) is 0 Å². The van der Waals surface area contributed by atoms with Crippen molar-refractivity contribution in [3.8, 4) is 11.8 Å². The van der Waals surface area contributed by atoms with E-state index < -0.39 is 11.9 Å². The molecular weight excluding hydrogens is 465 g/mol. The van der Waals surface area contributed by atoms with Crippen LogP contribution >= 0.6 is 11.8 Å². The number of benzene rings is 1. The van der Waals surface area contributed by atoms with Crippen LogP contribution in [0.15, 0.2) is 41.4 Å². The summed E-state index contributed by atoms with van der Waals surface area (Å²) in [6, 6.07) is 9.75. The summed E-state index contributed by atoms with van der Waals surface area (Å²) < 4.78 is 46.5. The lowest BCUT2D eigenvalue weighted by atomic mass is 10.1. The number of rotatable bonds is 7. The minimum atomic E-state index is -4.62. The summed E-state index contributed by atoms with van der Waals surface area (Å²) >= 11 is 1.02. The van der Waals surface area contributed by atoms with E-state index >= 15 is 0 Å². The van der Waals surface area contributed by atoms with Crippen LogP contribution in [0.2, 0.25) is 0 Å². The number of ketones is 1. The maximum atomic E-state index is 13.2. The van der Waals surface area contributed by atoms with Crippen LogP contribution in [0.3, 0.4) is 0 Å². The van der Waals surface area contributed by atoms with E-state index in [-0.39, 0.29) is 27.7 Å². The van der Waals surface area contributed by atoms with Crippen molar-refractivity contribution in [2.75, 3.05) is 7.11 Å². The van der Waals surface area contributed by atoms with E-state index in [2.05, 4.69) is 10.1 Å². The lowest BCUT2D eigenvalue weighted by Crippen LogP contribution is -2.10. The quantitative estimate of drug-likeness (QED) is 0.249. The summed E-state index contributed by atoms with van der Waals surface area (Å²) in [7, 11) is 3.18. The zero-order chi connectivity index (χ0) is 25.0. The van der Waals surface area contributed by atoms with E-state index in [1.807, 2.05) is 6.07 Å². The molecule has 0 saturated carbocycles.